The molecular formula is C22H25N5O4. The van der Waals surface area contributed by atoms with E-state index < -0.39 is 0 Å². The first-order valence-electron chi connectivity index (χ1n) is 9.63. The first-order valence-corrected chi connectivity index (χ1v) is 9.63. The summed E-state index contributed by atoms with van der Waals surface area (Å²) in [4.78, 5) is 25.2. The molecule has 2 N–H and O–H groups in total. The number of para-hydroxylation sites is 1. The summed E-state index contributed by atoms with van der Waals surface area (Å²) in [5.74, 6) is 0.373. The van der Waals surface area contributed by atoms with Gasteiger partial charge in [-0.05, 0) is 44.0 Å². The van der Waals surface area contributed by atoms with Gasteiger partial charge in [-0.2, -0.15) is 0 Å². The number of rotatable bonds is 7. The first kappa shape index (κ1) is 21.8. The monoisotopic (exact) mass is 423 g/mol. The molecule has 0 fully saturated rings. The maximum absolute atomic E-state index is 12.7. The van der Waals surface area contributed by atoms with Gasteiger partial charge >= 0.3 is 0 Å². The van der Waals surface area contributed by atoms with Crippen LogP contribution in [0.4, 0.5) is 11.4 Å². The number of carbonyl (C=O) groups excluding carboxylic acids is 2. The van der Waals surface area contributed by atoms with Crippen LogP contribution in [-0.4, -0.2) is 41.0 Å². The van der Waals surface area contributed by atoms with Crippen LogP contribution in [-0.2, 0) is 11.3 Å². The molecule has 2 amide bonds. The predicted octanol–water partition coefficient (Wildman–Crippen LogP) is 3.11. The fourth-order valence-electron chi connectivity index (χ4n) is 3.16. The van der Waals surface area contributed by atoms with Crippen LogP contribution in [0.1, 0.15) is 27.3 Å². The molecule has 3 rings (SSSR count). The van der Waals surface area contributed by atoms with Crippen LogP contribution >= 0.6 is 0 Å². The lowest BCUT2D eigenvalue weighted by atomic mass is 10.1. The summed E-state index contributed by atoms with van der Waals surface area (Å²) in [7, 11) is 3.06. The molecule has 0 aliphatic heterocycles. The van der Waals surface area contributed by atoms with Gasteiger partial charge in [0.05, 0.1) is 19.9 Å². The Morgan fingerprint density at radius 3 is 2.29 bits per heavy atom. The van der Waals surface area contributed by atoms with Gasteiger partial charge in [-0.1, -0.05) is 23.4 Å². The van der Waals surface area contributed by atoms with Gasteiger partial charge in [-0.15, -0.1) is 5.10 Å². The van der Waals surface area contributed by atoms with E-state index in [1.165, 1.54) is 18.9 Å². The number of benzene rings is 2. The molecule has 0 aliphatic carbocycles. The molecule has 0 bridgehead atoms. The van der Waals surface area contributed by atoms with E-state index in [1.54, 1.807) is 25.1 Å². The van der Waals surface area contributed by atoms with Gasteiger partial charge in [0.25, 0.3) is 5.91 Å². The second kappa shape index (κ2) is 9.29. The average Bonchev–Trinajstić information content (AvgIpc) is 3.10. The van der Waals surface area contributed by atoms with Gasteiger partial charge in [0.2, 0.25) is 5.91 Å². The SMILES string of the molecule is COc1ccc(NC(=O)Cn2nnc(C(=O)Nc3c(C)cccc3C)c2C)cc1OC. The summed E-state index contributed by atoms with van der Waals surface area (Å²) < 4.78 is 11.8. The number of nitrogens with zero attached hydrogens (tertiary/aromatic N) is 3. The smallest absolute Gasteiger partial charge is 0.278 e. The maximum atomic E-state index is 12.7. The molecule has 1 heterocycles. The Balaban J connectivity index is 1.70. The number of aromatic nitrogens is 3. The number of ether oxygens (including phenoxy) is 2. The lowest BCUT2D eigenvalue weighted by Gasteiger charge is -2.11. The van der Waals surface area contributed by atoms with E-state index in [1.807, 2.05) is 32.0 Å². The van der Waals surface area contributed by atoms with Crippen LogP contribution in [0, 0.1) is 20.8 Å². The van der Waals surface area contributed by atoms with Crippen molar-refractivity contribution in [3.05, 3.63) is 58.9 Å². The Kier molecular flexibility index (Phi) is 6.54. The fraction of sp³-hybridized carbons (Fsp3) is 0.273. The van der Waals surface area contributed by atoms with E-state index in [-0.39, 0.29) is 24.1 Å². The molecular weight excluding hydrogens is 398 g/mol. The van der Waals surface area contributed by atoms with E-state index in [2.05, 4.69) is 20.9 Å². The number of carbonyl (C=O) groups is 2. The number of anilines is 2. The molecule has 0 aliphatic rings. The van der Waals surface area contributed by atoms with E-state index in [0.717, 1.165) is 16.8 Å². The first-order chi connectivity index (χ1) is 14.8. The van der Waals surface area contributed by atoms with Crippen molar-refractivity contribution in [1.29, 1.82) is 0 Å². The summed E-state index contributed by atoms with van der Waals surface area (Å²) in [5, 5.41) is 13.6. The van der Waals surface area contributed by atoms with E-state index in [9.17, 15) is 9.59 Å². The highest BCUT2D eigenvalue weighted by Gasteiger charge is 2.19. The standard InChI is InChI=1S/C22H25N5O4/c1-13-7-6-8-14(2)20(13)24-22(29)21-15(3)27(26-25-21)12-19(28)23-16-9-10-17(30-4)18(11-16)31-5/h6-11H,12H2,1-5H3,(H,23,28)(H,24,29). The van der Waals surface area contributed by atoms with Crippen molar-refractivity contribution >= 4 is 23.2 Å². The topological polar surface area (TPSA) is 107 Å². The molecule has 0 saturated heterocycles. The normalized spacial score (nSPS) is 10.5. The second-order valence-corrected chi connectivity index (χ2v) is 7.02. The van der Waals surface area contributed by atoms with Crippen molar-refractivity contribution in [3.63, 3.8) is 0 Å². The molecule has 0 radical (unpaired) electrons. The minimum absolute atomic E-state index is 0.0934. The Bertz CT molecular complexity index is 1100. The van der Waals surface area contributed by atoms with Gasteiger partial charge in [-0.25, -0.2) is 4.68 Å². The summed E-state index contributed by atoms with van der Waals surface area (Å²) >= 11 is 0. The third kappa shape index (κ3) is 4.82. The minimum atomic E-state index is -0.374. The lowest BCUT2D eigenvalue weighted by Crippen LogP contribution is -2.21. The highest BCUT2D eigenvalue weighted by molar-refractivity contribution is 6.04. The molecule has 3 aromatic rings. The third-order valence-electron chi connectivity index (χ3n) is 4.88. The van der Waals surface area contributed by atoms with Gasteiger partial charge in [0, 0.05) is 17.4 Å². The fourth-order valence-corrected chi connectivity index (χ4v) is 3.16. The van der Waals surface area contributed by atoms with Crippen LogP contribution in [0.25, 0.3) is 0 Å². The van der Waals surface area contributed by atoms with Crippen LogP contribution in [0.5, 0.6) is 11.5 Å². The number of amides is 2. The van der Waals surface area contributed by atoms with Crippen LogP contribution in [0.3, 0.4) is 0 Å². The third-order valence-corrected chi connectivity index (χ3v) is 4.88. The average molecular weight is 423 g/mol. The predicted molar refractivity (Wildman–Crippen MR) is 117 cm³/mol. The molecule has 9 nitrogen and oxygen atoms in total. The zero-order valence-corrected chi connectivity index (χ0v) is 18.1. The zero-order chi connectivity index (χ0) is 22.5. The number of aryl methyl sites for hydroxylation is 2. The summed E-state index contributed by atoms with van der Waals surface area (Å²) in [6.07, 6.45) is 0. The van der Waals surface area contributed by atoms with Gasteiger partial charge in [0.1, 0.15) is 6.54 Å². The van der Waals surface area contributed by atoms with Crippen molar-refractivity contribution in [1.82, 2.24) is 15.0 Å². The Morgan fingerprint density at radius 2 is 1.65 bits per heavy atom. The van der Waals surface area contributed by atoms with Crippen molar-refractivity contribution in [2.75, 3.05) is 24.9 Å². The number of hydrogen-bond donors (Lipinski definition) is 2. The molecule has 2 aromatic carbocycles. The van der Waals surface area contributed by atoms with Crippen molar-refractivity contribution in [2.24, 2.45) is 0 Å². The zero-order valence-electron chi connectivity index (χ0n) is 18.1. The van der Waals surface area contributed by atoms with Gasteiger partial charge in [0.15, 0.2) is 17.2 Å². The van der Waals surface area contributed by atoms with Crippen LogP contribution in [0.15, 0.2) is 36.4 Å². The van der Waals surface area contributed by atoms with E-state index in [4.69, 9.17) is 9.47 Å². The molecule has 162 valence electrons. The maximum Gasteiger partial charge on any atom is 0.278 e. The Labute approximate surface area is 180 Å². The van der Waals surface area contributed by atoms with Crippen LogP contribution in [0.2, 0.25) is 0 Å². The van der Waals surface area contributed by atoms with Crippen molar-refractivity contribution in [2.45, 2.75) is 27.3 Å². The summed E-state index contributed by atoms with van der Waals surface area (Å²) in [5.41, 5.74) is 3.86. The highest BCUT2D eigenvalue weighted by atomic mass is 16.5. The number of methoxy groups -OCH3 is 2. The van der Waals surface area contributed by atoms with Gasteiger partial charge in [-0.3, -0.25) is 9.59 Å². The summed E-state index contributed by atoms with van der Waals surface area (Å²) in [6, 6.07) is 10.8. The van der Waals surface area contributed by atoms with Crippen molar-refractivity contribution in [3.8, 4) is 11.5 Å². The molecule has 31 heavy (non-hydrogen) atoms. The molecule has 0 unspecified atom stereocenters. The molecule has 9 heteroatoms. The minimum Gasteiger partial charge on any atom is -0.493 e. The molecule has 0 saturated carbocycles. The quantitative estimate of drug-likeness (QED) is 0.605. The largest absolute Gasteiger partial charge is 0.493 e. The Morgan fingerprint density at radius 1 is 0.968 bits per heavy atom. The van der Waals surface area contributed by atoms with Crippen molar-refractivity contribution < 1.29 is 19.1 Å². The number of hydrogen-bond acceptors (Lipinski definition) is 6. The molecule has 1 aromatic heterocycles. The second-order valence-electron chi connectivity index (χ2n) is 7.02. The van der Waals surface area contributed by atoms with Gasteiger partial charge < -0.3 is 20.1 Å². The molecule has 0 spiro atoms. The number of nitrogens with one attached hydrogen (secondary N) is 2. The lowest BCUT2D eigenvalue weighted by molar-refractivity contribution is -0.117. The molecule has 0 atom stereocenters. The van der Waals surface area contributed by atoms with E-state index >= 15 is 0 Å². The summed E-state index contributed by atoms with van der Waals surface area (Å²) in [6.45, 7) is 5.45. The highest BCUT2D eigenvalue weighted by Crippen LogP contribution is 2.29. The van der Waals surface area contributed by atoms with Crippen LogP contribution < -0.4 is 20.1 Å². The Hall–Kier alpha value is -3.88. The van der Waals surface area contributed by atoms with E-state index in [0.29, 0.717) is 22.9 Å².